The van der Waals surface area contributed by atoms with E-state index in [4.69, 9.17) is 5.73 Å². The predicted octanol–water partition coefficient (Wildman–Crippen LogP) is 1.60. The molecule has 0 aliphatic rings. The molecule has 0 saturated heterocycles. The highest BCUT2D eigenvalue weighted by Gasteiger charge is 2.07. The van der Waals surface area contributed by atoms with Crippen LogP contribution in [0, 0.1) is 6.92 Å². The highest BCUT2D eigenvalue weighted by molar-refractivity contribution is 5.55. The molecule has 0 aromatic carbocycles. The highest BCUT2D eigenvalue weighted by atomic mass is 15.2. The van der Waals surface area contributed by atoms with E-state index in [9.17, 15) is 0 Å². The third-order valence-corrected chi connectivity index (χ3v) is 2.31. The minimum Gasteiger partial charge on any atom is -0.383 e. The summed E-state index contributed by atoms with van der Waals surface area (Å²) in [6, 6.07) is 0. The summed E-state index contributed by atoms with van der Waals surface area (Å²) in [4.78, 5) is 10.3. The van der Waals surface area contributed by atoms with Crippen LogP contribution >= 0.6 is 0 Å². The van der Waals surface area contributed by atoms with Gasteiger partial charge < -0.3 is 10.6 Å². The van der Waals surface area contributed by atoms with Gasteiger partial charge in [0.2, 0.25) is 0 Å². The lowest BCUT2D eigenvalue weighted by Crippen LogP contribution is -2.21. The quantitative estimate of drug-likeness (QED) is 0.791. The molecule has 14 heavy (non-hydrogen) atoms. The van der Waals surface area contributed by atoms with E-state index in [0.717, 1.165) is 17.9 Å². The number of hydrogen-bond acceptors (Lipinski definition) is 4. The SMILES string of the molecule is CCCCN(C)c1ncnc(N)c1C. The van der Waals surface area contributed by atoms with Crippen LogP contribution in [0.15, 0.2) is 6.33 Å². The lowest BCUT2D eigenvalue weighted by Gasteiger charge is -2.19. The maximum absolute atomic E-state index is 5.71. The molecule has 0 amide bonds. The summed E-state index contributed by atoms with van der Waals surface area (Å²) in [6.07, 6.45) is 3.86. The third kappa shape index (κ3) is 2.34. The molecule has 0 atom stereocenters. The van der Waals surface area contributed by atoms with Crippen molar-refractivity contribution < 1.29 is 0 Å². The summed E-state index contributed by atoms with van der Waals surface area (Å²) in [7, 11) is 2.03. The fraction of sp³-hybridized carbons (Fsp3) is 0.600. The van der Waals surface area contributed by atoms with E-state index in [1.165, 1.54) is 19.2 Å². The van der Waals surface area contributed by atoms with Gasteiger partial charge in [-0.3, -0.25) is 0 Å². The minimum absolute atomic E-state index is 0.568. The topological polar surface area (TPSA) is 55.0 Å². The summed E-state index contributed by atoms with van der Waals surface area (Å²) in [5, 5.41) is 0. The zero-order valence-corrected chi connectivity index (χ0v) is 9.12. The molecule has 0 aliphatic heterocycles. The van der Waals surface area contributed by atoms with Gasteiger partial charge >= 0.3 is 0 Å². The van der Waals surface area contributed by atoms with Crippen molar-refractivity contribution >= 4 is 11.6 Å². The normalized spacial score (nSPS) is 10.2. The van der Waals surface area contributed by atoms with Gasteiger partial charge in [-0.05, 0) is 13.3 Å². The number of anilines is 2. The fourth-order valence-electron chi connectivity index (χ4n) is 1.34. The first-order valence-corrected chi connectivity index (χ1v) is 4.95. The number of nitrogens with two attached hydrogens (primary N) is 1. The number of aromatic nitrogens is 2. The Kier molecular flexibility index (Phi) is 3.68. The van der Waals surface area contributed by atoms with Crippen LogP contribution in [0.5, 0.6) is 0 Å². The van der Waals surface area contributed by atoms with E-state index in [1.807, 2.05) is 14.0 Å². The Labute approximate surface area is 85.2 Å². The zero-order chi connectivity index (χ0) is 10.6. The maximum Gasteiger partial charge on any atom is 0.136 e. The largest absolute Gasteiger partial charge is 0.383 e. The van der Waals surface area contributed by atoms with Gasteiger partial charge in [-0.15, -0.1) is 0 Å². The fourth-order valence-corrected chi connectivity index (χ4v) is 1.34. The van der Waals surface area contributed by atoms with Crippen molar-refractivity contribution in [3.8, 4) is 0 Å². The van der Waals surface area contributed by atoms with Crippen molar-refractivity contribution in [3.05, 3.63) is 11.9 Å². The van der Waals surface area contributed by atoms with Gasteiger partial charge in [-0.1, -0.05) is 13.3 Å². The molecule has 4 heteroatoms. The molecule has 1 rings (SSSR count). The van der Waals surface area contributed by atoms with Crippen molar-refractivity contribution in [3.63, 3.8) is 0 Å². The van der Waals surface area contributed by atoms with Crippen molar-refractivity contribution in [2.45, 2.75) is 26.7 Å². The summed E-state index contributed by atoms with van der Waals surface area (Å²) < 4.78 is 0. The number of unbranched alkanes of at least 4 members (excludes halogenated alkanes) is 1. The van der Waals surface area contributed by atoms with Crippen LogP contribution in [-0.4, -0.2) is 23.6 Å². The van der Waals surface area contributed by atoms with E-state index in [0.29, 0.717) is 5.82 Å². The van der Waals surface area contributed by atoms with Crippen LogP contribution in [0.4, 0.5) is 11.6 Å². The van der Waals surface area contributed by atoms with E-state index in [1.54, 1.807) is 0 Å². The Hall–Kier alpha value is -1.32. The molecular weight excluding hydrogens is 176 g/mol. The first-order chi connectivity index (χ1) is 6.66. The molecule has 78 valence electrons. The van der Waals surface area contributed by atoms with Crippen LogP contribution in [-0.2, 0) is 0 Å². The molecule has 0 aliphatic carbocycles. The van der Waals surface area contributed by atoms with Crippen molar-refractivity contribution in [2.24, 2.45) is 0 Å². The average Bonchev–Trinajstić information content (AvgIpc) is 2.18. The Balaban J connectivity index is 2.79. The Bertz CT molecular complexity index is 298. The monoisotopic (exact) mass is 194 g/mol. The minimum atomic E-state index is 0.568. The molecule has 2 N–H and O–H groups in total. The Morgan fingerprint density at radius 1 is 1.43 bits per heavy atom. The lowest BCUT2D eigenvalue weighted by atomic mass is 10.2. The summed E-state index contributed by atoms with van der Waals surface area (Å²) in [6.45, 7) is 5.13. The third-order valence-electron chi connectivity index (χ3n) is 2.31. The zero-order valence-electron chi connectivity index (χ0n) is 9.12. The number of rotatable bonds is 4. The molecule has 0 fully saturated rings. The van der Waals surface area contributed by atoms with Gasteiger partial charge in [-0.2, -0.15) is 0 Å². The molecule has 0 saturated carbocycles. The Morgan fingerprint density at radius 3 is 2.79 bits per heavy atom. The molecule has 1 aromatic rings. The van der Waals surface area contributed by atoms with Crippen LogP contribution in [0.3, 0.4) is 0 Å². The van der Waals surface area contributed by atoms with Gasteiger partial charge in [-0.25, -0.2) is 9.97 Å². The maximum atomic E-state index is 5.71. The molecule has 0 bridgehead atoms. The highest BCUT2D eigenvalue weighted by Crippen LogP contribution is 2.18. The Morgan fingerprint density at radius 2 is 2.14 bits per heavy atom. The number of nitrogens with zero attached hydrogens (tertiary/aromatic N) is 3. The summed E-state index contributed by atoms with van der Waals surface area (Å²) in [5.41, 5.74) is 6.67. The van der Waals surface area contributed by atoms with E-state index < -0.39 is 0 Å². The molecule has 1 aromatic heterocycles. The first kappa shape index (κ1) is 10.8. The van der Waals surface area contributed by atoms with E-state index in [-0.39, 0.29) is 0 Å². The van der Waals surface area contributed by atoms with Gasteiger partial charge in [0, 0.05) is 19.2 Å². The van der Waals surface area contributed by atoms with Gasteiger partial charge in [0.15, 0.2) is 0 Å². The summed E-state index contributed by atoms with van der Waals surface area (Å²) in [5.74, 6) is 1.50. The van der Waals surface area contributed by atoms with Gasteiger partial charge in [0.25, 0.3) is 0 Å². The van der Waals surface area contributed by atoms with Crippen molar-refractivity contribution in [2.75, 3.05) is 24.2 Å². The summed E-state index contributed by atoms with van der Waals surface area (Å²) >= 11 is 0. The van der Waals surface area contributed by atoms with Crippen LogP contribution in [0.2, 0.25) is 0 Å². The second-order valence-electron chi connectivity index (χ2n) is 3.48. The first-order valence-electron chi connectivity index (χ1n) is 4.95. The second kappa shape index (κ2) is 4.79. The van der Waals surface area contributed by atoms with E-state index in [2.05, 4.69) is 21.8 Å². The average molecular weight is 194 g/mol. The molecule has 4 nitrogen and oxygen atoms in total. The van der Waals surface area contributed by atoms with Crippen LogP contribution in [0.25, 0.3) is 0 Å². The predicted molar refractivity (Wildman–Crippen MR) is 59.4 cm³/mol. The molecule has 1 heterocycles. The lowest BCUT2D eigenvalue weighted by molar-refractivity contribution is 0.756. The van der Waals surface area contributed by atoms with Crippen molar-refractivity contribution in [1.82, 2.24) is 9.97 Å². The van der Waals surface area contributed by atoms with E-state index >= 15 is 0 Å². The smallest absolute Gasteiger partial charge is 0.136 e. The molecule has 0 unspecified atom stereocenters. The van der Waals surface area contributed by atoms with Crippen LogP contribution in [0.1, 0.15) is 25.3 Å². The van der Waals surface area contributed by atoms with Gasteiger partial charge in [0.1, 0.15) is 18.0 Å². The molecule has 0 spiro atoms. The van der Waals surface area contributed by atoms with Crippen molar-refractivity contribution in [1.29, 1.82) is 0 Å². The number of hydrogen-bond donors (Lipinski definition) is 1. The standard InChI is InChI=1S/C10H18N4/c1-4-5-6-14(3)10-8(2)9(11)12-7-13-10/h7H,4-6H2,1-3H3,(H2,11,12,13). The van der Waals surface area contributed by atoms with Crippen LogP contribution < -0.4 is 10.6 Å². The van der Waals surface area contributed by atoms with Gasteiger partial charge in [0.05, 0.1) is 0 Å². The second-order valence-corrected chi connectivity index (χ2v) is 3.48. The molecular formula is C10H18N4. The number of nitrogen functional groups attached to an aromatic ring is 1. The molecule has 0 radical (unpaired) electrons.